The normalized spacial score (nSPS) is 12.4. The maximum atomic E-state index is 10.6. The van der Waals surface area contributed by atoms with Gasteiger partial charge in [0, 0.05) is 12.6 Å². The van der Waals surface area contributed by atoms with Crippen LogP contribution in [0.1, 0.15) is 32.3 Å². The van der Waals surface area contributed by atoms with Gasteiger partial charge in [-0.15, -0.1) is 0 Å². The lowest BCUT2D eigenvalue weighted by Crippen LogP contribution is -2.34. The van der Waals surface area contributed by atoms with Crippen molar-refractivity contribution in [2.75, 3.05) is 20.2 Å². The van der Waals surface area contributed by atoms with Crippen LogP contribution in [0.4, 0.5) is 0 Å². The average Bonchev–Trinajstić information content (AvgIpc) is 2.43. The first kappa shape index (κ1) is 16.5. The maximum absolute atomic E-state index is 10.6. The molecule has 0 aromatic heterocycles. The second-order valence-corrected chi connectivity index (χ2v) is 4.97. The Morgan fingerprint density at radius 1 is 1.40 bits per heavy atom. The van der Waals surface area contributed by atoms with Gasteiger partial charge in [0.15, 0.2) is 0 Å². The molecule has 1 unspecified atom stereocenters. The van der Waals surface area contributed by atoms with Crippen LogP contribution in [0.5, 0.6) is 5.75 Å². The highest BCUT2D eigenvalue weighted by Gasteiger charge is 2.14. The van der Waals surface area contributed by atoms with Crippen molar-refractivity contribution < 1.29 is 14.6 Å². The van der Waals surface area contributed by atoms with Crippen LogP contribution in [-0.2, 0) is 11.2 Å². The van der Waals surface area contributed by atoms with E-state index in [1.165, 1.54) is 5.56 Å². The third-order valence-electron chi connectivity index (χ3n) is 3.45. The number of hydrogen-bond acceptors (Lipinski definition) is 3. The summed E-state index contributed by atoms with van der Waals surface area (Å²) >= 11 is 0. The van der Waals surface area contributed by atoms with Crippen molar-refractivity contribution in [2.45, 2.75) is 39.2 Å². The third-order valence-corrected chi connectivity index (χ3v) is 3.45. The number of rotatable bonds is 9. The van der Waals surface area contributed by atoms with E-state index in [9.17, 15) is 4.79 Å². The highest BCUT2D eigenvalue weighted by molar-refractivity contribution is 5.66. The molecule has 0 aliphatic heterocycles. The van der Waals surface area contributed by atoms with E-state index in [1.807, 2.05) is 26.1 Å². The number of carboxylic acids is 1. The Kier molecular flexibility index (Phi) is 7.09. The molecule has 0 radical (unpaired) electrons. The Morgan fingerprint density at radius 3 is 2.75 bits per heavy atom. The van der Waals surface area contributed by atoms with E-state index < -0.39 is 5.97 Å². The fourth-order valence-electron chi connectivity index (χ4n) is 2.27. The first-order valence-corrected chi connectivity index (χ1v) is 7.20. The Balaban J connectivity index is 2.62. The molecule has 112 valence electrons. The first-order chi connectivity index (χ1) is 9.56. The van der Waals surface area contributed by atoms with Gasteiger partial charge in [0.2, 0.25) is 0 Å². The van der Waals surface area contributed by atoms with E-state index in [4.69, 9.17) is 9.84 Å². The fraction of sp³-hybridized carbons (Fsp3) is 0.562. The van der Waals surface area contributed by atoms with Gasteiger partial charge in [-0.25, -0.2) is 0 Å². The second-order valence-electron chi connectivity index (χ2n) is 4.97. The molecule has 4 nitrogen and oxygen atoms in total. The van der Waals surface area contributed by atoms with Crippen LogP contribution >= 0.6 is 0 Å². The number of carbonyl (C=O) groups is 1. The number of carboxylic acid groups (broad SMARTS) is 1. The summed E-state index contributed by atoms with van der Waals surface area (Å²) in [5.41, 5.74) is 1.23. The quantitative estimate of drug-likeness (QED) is 0.755. The SMILES string of the molecule is CCOc1cccc(CC(CC)N(C)CCC(=O)O)c1. The van der Waals surface area contributed by atoms with E-state index in [-0.39, 0.29) is 6.42 Å². The van der Waals surface area contributed by atoms with Crippen LogP contribution in [0.2, 0.25) is 0 Å². The van der Waals surface area contributed by atoms with Crippen LogP contribution < -0.4 is 4.74 Å². The van der Waals surface area contributed by atoms with Crippen molar-refractivity contribution in [3.05, 3.63) is 29.8 Å². The Hall–Kier alpha value is -1.55. The van der Waals surface area contributed by atoms with Gasteiger partial charge in [-0.1, -0.05) is 19.1 Å². The summed E-state index contributed by atoms with van der Waals surface area (Å²) in [5, 5.41) is 8.76. The van der Waals surface area contributed by atoms with Gasteiger partial charge in [-0.05, 0) is 44.5 Å². The van der Waals surface area contributed by atoms with Crippen molar-refractivity contribution in [2.24, 2.45) is 0 Å². The fourth-order valence-corrected chi connectivity index (χ4v) is 2.27. The summed E-state index contributed by atoms with van der Waals surface area (Å²) < 4.78 is 5.51. The summed E-state index contributed by atoms with van der Waals surface area (Å²) in [6.07, 6.45) is 2.09. The molecular weight excluding hydrogens is 254 g/mol. The van der Waals surface area contributed by atoms with Crippen molar-refractivity contribution in [3.8, 4) is 5.75 Å². The van der Waals surface area contributed by atoms with E-state index in [1.54, 1.807) is 0 Å². The Morgan fingerprint density at radius 2 is 2.15 bits per heavy atom. The molecule has 1 rings (SSSR count). The molecule has 0 spiro atoms. The van der Waals surface area contributed by atoms with Gasteiger partial charge in [-0.3, -0.25) is 4.79 Å². The van der Waals surface area contributed by atoms with Gasteiger partial charge < -0.3 is 14.7 Å². The Bertz CT molecular complexity index is 420. The molecule has 0 aliphatic carbocycles. The lowest BCUT2D eigenvalue weighted by atomic mass is 10.0. The van der Waals surface area contributed by atoms with Gasteiger partial charge in [0.1, 0.15) is 5.75 Å². The molecule has 0 bridgehead atoms. The zero-order valence-corrected chi connectivity index (χ0v) is 12.6. The number of likely N-dealkylation sites (N-methyl/N-ethyl adjacent to an activating group) is 1. The molecule has 1 atom stereocenters. The van der Waals surface area contributed by atoms with Crippen LogP contribution in [0.25, 0.3) is 0 Å². The van der Waals surface area contributed by atoms with Crippen molar-refractivity contribution in [3.63, 3.8) is 0 Å². The molecule has 0 amide bonds. The highest BCUT2D eigenvalue weighted by atomic mass is 16.5. The molecule has 4 heteroatoms. The van der Waals surface area contributed by atoms with Crippen LogP contribution in [0.15, 0.2) is 24.3 Å². The molecule has 20 heavy (non-hydrogen) atoms. The van der Waals surface area contributed by atoms with Crippen LogP contribution in [0.3, 0.4) is 0 Å². The predicted molar refractivity (Wildman–Crippen MR) is 80.3 cm³/mol. The Labute approximate surface area is 121 Å². The molecule has 0 saturated heterocycles. The number of nitrogens with zero attached hydrogens (tertiary/aromatic N) is 1. The molecule has 1 N–H and O–H groups in total. The largest absolute Gasteiger partial charge is 0.494 e. The number of ether oxygens (including phenoxy) is 1. The summed E-state index contributed by atoms with van der Waals surface area (Å²) in [4.78, 5) is 12.8. The highest BCUT2D eigenvalue weighted by Crippen LogP contribution is 2.17. The van der Waals surface area contributed by atoms with Crippen LogP contribution in [0, 0.1) is 0 Å². The van der Waals surface area contributed by atoms with Crippen molar-refractivity contribution >= 4 is 5.97 Å². The number of hydrogen-bond donors (Lipinski definition) is 1. The summed E-state index contributed by atoms with van der Waals surface area (Å²) in [6.45, 7) is 5.35. The van der Waals surface area contributed by atoms with Gasteiger partial charge >= 0.3 is 5.97 Å². The molecule has 0 aliphatic rings. The monoisotopic (exact) mass is 279 g/mol. The molecule has 0 heterocycles. The zero-order valence-electron chi connectivity index (χ0n) is 12.6. The molecule has 1 aromatic carbocycles. The summed E-state index contributed by atoms with van der Waals surface area (Å²) in [5.74, 6) is 0.151. The lowest BCUT2D eigenvalue weighted by Gasteiger charge is -2.26. The maximum Gasteiger partial charge on any atom is 0.304 e. The molecule has 1 aromatic rings. The number of aliphatic carboxylic acids is 1. The molecular formula is C16H25NO3. The van der Waals surface area contributed by atoms with E-state index in [0.717, 1.165) is 18.6 Å². The lowest BCUT2D eigenvalue weighted by molar-refractivity contribution is -0.137. The minimum absolute atomic E-state index is 0.186. The first-order valence-electron chi connectivity index (χ1n) is 7.20. The predicted octanol–water partition coefficient (Wildman–Crippen LogP) is 2.81. The van der Waals surface area contributed by atoms with E-state index in [0.29, 0.717) is 19.2 Å². The zero-order chi connectivity index (χ0) is 15.0. The number of benzene rings is 1. The topological polar surface area (TPSA) is 49.8 Å². The smallest absolute Gasteiger partial charge is 0.304 e. The molecule has 0 saturated carbocycles. The van der Waals surface area contributed by atoms with Crippen molar-refractivity contribution in [1.29, 1.82) is 0 Å². The van der Waals surface area contributed by atoms with E-state index >= 15 is 0 Å². The van der Waals surface area contributed by atoms with Gasteiger partial charge in [0.25, 0.3) is 0 Å². The minimum Gasteiger partial charge on any atom is -0.494 e. The van der Waals surface area contributed by atoms with Crippen LogP contribution in [-0.4, -0.2) is 42.2 Å². The third kappa shape index (κ3) is 5.61. The summed E-state index contributed by atoms with van der Waals surface area (Å²) in [6, 6.07) is 8.48. The molecule has 0 fully saturated rings. The van der Waals surface area contributed by atoms with E-state index in [2.05, 4.69) is 24.0 Å². The minimum atomic E-state index is -0.745. The van der Waals surface area contributed by atoms with Crippen molar-refractivity contribution in [1.82, 2.24) is 4.90 Å². The average molecular weight is 279 g/mol. The summed E-state index contributed by atoms with van der Waals surface area (Å²) in [7, 11) is 1.99. The van der Waals surface area contributed by atoms with Gasteiger partial charge in [-0.2, -0.15) is 0 Å². The second kappa shape index (κ2) is 8.59. The standard InChI is InChI=1S/C16H25NO3/c1-4-14(17(3)10-9-16(18)19)11-13-7-6-8-15(12-13)20-5-2/h6-8,12,14H,4-5,9-11H2,1-3H3,(H,18,19). The van der Waals surface area contributed by atoms with Gasteiger partial charge in [0.05, 0.1) is 13.0 Å².